The first-order valence-corrected chi connectivity index (χ1v) is 7.30. The summed E-state index contributed by atoms with van der Waals surface area (Å²) in [7, 11) is 0. The number of hydrogen-bond acceptors (Lipinski definition) is 2. The Kier molecular flexibility index (Phi) is 5.35. The lowest BCUT2D eigenvalue weighted by Crippen LogP contribution is -2.26. The number of amides is 1. The van der Waals surface area contributed by atoms with Crippen molar-refractivity contribution < 1.29 is 14.3 Å². The normalized spacial score (nSPS) is 21.3. The van der Waals surface area contributed by atoms with Crippen molar-refractivity contribution in [3.8, 4) is 11.8 Å². The van der Waals surface area contributed by atoms with E-state index in [1.54, 1.807) is 6.07 Å². The van der Waals surface area contributed by atoms with Gasteiger partial charge in [0.2, 0.25) is 5.91 Å². The van der Waals surface area contributed by atoms with Crippen LogP contribution in [0.1, 0.15) is 38.2 Å². The number of aliphatic hydroxyl groups is 1. The summed E-state index contributed by atoms with van der Waals surface area (Å²) in [4.78, 5) is 12.1. The van der Waals surface area contributed by atoms with Gasteiger partial charge in [0.05, 0.1) is 5.69 Å². The molecule has 1 aromatic rings. The summed E-state index contributed by atoms with van der Waals surface area (Å²) in [5, 5.41) is 11.3. The van der Waals surface area contributed by atoms with E-state index in [2.05, 4.69) is 24.1 Å². The molecule has 0 heterocycles. The van der Waals surface area contributed by atoms with Crippen LogP contribution in [0.25, 0.3) is 0 Å². The molecule has 1 amide bonds. The van der Waals surface area contributed by atoms with Crippen LogP contribution in [0.3, 0.4) is 0 Å². The average molecular weight is 289 g/mol. The van der Waals surface area contributed by atoms with E-state index in [1.165, 1.54) is 12.1 Å². The summed E-state index contributed by atoms with van der Waals surface area (Å²) in [5.74, 6) is 5.14. The lowest BCUT2D eigenvalue weighted by Gasteiger charge is -2.25. The summed E-state index contributed by atoms with van der Waals surface area (Å²) < 4.78 is 13.9. The van der Waals surface area contributed by atoms with Gasteiger partial charge in [-0.05, 0) is 49.8 Å². The zero-order valence-corrected chi connectivity index (χ0v) is 12.2. The minimum Gasteiger partial charge on any atom is -0.384 e. The molecular weight excluding hydrogens is 269 g/mol. The third-order valence-corrected chi connectivity index (χ3v) is 3.93. The molecule has 2 rings (SSSR count). The second-order valence-electron chi connectivity index (χ2n) is 5.60. The van der Waals surface area contributed by atoms with Crippen LogP contribution in [-0.2, 0) is 4.79 Å². The highest BCUT2D eigenvalue weighted by atomic mass is 19.1. The molecule has 0 aliphatic heterocycles. The van der Waals surface area contributed by atoms with Crippen molar-refractivity contribution in [2.24, 2.45) is 11.8 Å². The molecule has 1 aliphatic carbocycles. The molecule has 0 atom stereocenters. The SMILES string of the molecule is CC1CCC(C(=O)Nc2ccc(C#CCO)cc2F)CC1. The smallest absolute Gasteiger partial charge is 0.227 e. The van der Waals surface area contributed by atoms with Crippen LogP contribution in [0.15, 0.2) is 18.2 Å². The molecule has 0 unspecified atom stereocenters. The molecule has 3 nitrogen and oxygen atoms in total. The Morgan fingerprint density at radius 2 is 2.10 bits per heavy atom. The summed E-state index contributed by atoms with van der Waals surface area (Å²) in [6.07, 6.45) is 3.84. The highest BCUT2D eigenvalue weighted by Crippen LogP contribution is 2.29. The molecule has 0 bridgehead atoms. The van der Waals surface area contributed by atoms with Crippen molar-refractivity contribution in [1.82, 2.24) is 0 Å². The number of carbonyl (C=O) groups excluding carboxylic acids is 1. The fourth-order valence-corrected chi connectivity index (χ4v) is 2.59. The first-order valence-electron chi connectivity index (χ1n) is 7.30. The predicted octanol–water partition coefficient (Wildman–Crippen LogP) is 2.93. The molecule has 1 aromatic carbocycles. The van der Waals surface area contributed by atoms with E-state index in [1.807, 2.05) is 0 Å². The summed E-state index contributed by atoms with van der Waals surface area (Å²) >= 11 is 0. The van der Waals surface area contributed by atoms with Crippen molar-refractivity contribution in [3.63, 3.8) is 0 Å². The van der Waals surface area contributed by atoms with Crippen LogP contribution in [0.4, 0.5) is 10.1 Å². The van der Waals surface area contributed by atoms with Gasteiger partial charge in [-0.25, -0.2) is 4.39 Å². The Hall–Kier alpha value is -1.86. The first kappa shape index (κ1) is 15.5. The molecule has 0 saturated heterocycles. The lowest BCUT2D eigenvalue weighted by molar-refractivity contribution is -0.121. The number of halogens is 1. The van der Waals surface area contributed by atoms with Gasteiger partial charge >= 0.3 is 0 Å². The molecule has 0 aromatic heterocycles. The molecule has 112 valence electrons. The topological polar surface area (TPSA) is 49.3 Å². The standard InChI is InChI=1S/C17H20FNO2/c1-12-4-7-14(8-5-12)17(21)19-16-9-6-13(3-2-10-20)11-15(16)18/h6,9,11-12,14,20H,4-5,7-8,10H2,1H3,(H,19,21). The Labute approximate surface area is 124 Å². The molecule has 1 aliphatic rings. The summed E-state index contributed by atoms with van der Waals surface area (Å²) in [5.41, 5.74) is 0.666. The van der Waals surface area contributed by atoms with Crippen molar-refractivity contribution in [1.29, 1.82) is 0 Å². The van der Waals surface area contributed by atoms with Gasteiger partial charge in [0.1, 0.15) is 12.4 Å². The minimum atomic E-state index is -0.503. The van der Waals surface area contributed by atoms with Crippen LogP contribution in [0.5, 0.6) is 0 Å². The second-order valence-corrected chi connectivity index (χ2v) is 5.60. The van der Waals surface area contributed by atoms with Crippen molar-refractivity contribution >= 4 is 11.6 Å². The molecule has 1 saturated carbocycles. The van der Waals surface area contributed by atoms with Gasteiger partial charge < -0.3 is 10.4 Å². The Bertz CT molecular complexity index is 566. The highest BCUT2D eigenvalue weighted by Gasteiger charge is 2.24. The lowest BCUT2D eigenvalue weighted by atomic mass is 9.82. The zero-order valence-electron chi connectivity index (χ0n) is 12.2. The van der Waals surface area contributed by atoms with E-state index in [0.29, 0.717) is 11.5 Å². The quantitative estimate of drug-likeness (QED) is 0.822. The maximum atomic E-state index is 13.9. The zero-order chi connectivity index (χ0) is 15.2. The molecule has 2 N–H and O–H groups in total. The summed E-state index contributed by atoms with van der Waals surface area (Å²) in [6, 6.07) is 4.41. The fourth-order valence-electron chi connectivity index (χ4n) is 2.59. The van der Waals surface area contributed by atoms with Gasteiger partial charge in [0.25, 0.3) is 0 Å². The van der Waals surface area contributed by atoms with E-state index in [-0.39, 0.29) is 24.1 Å². The van der Waals surface area contributed by atoms with Crippen molar-refractivity contribution in [2.75, 3.05) is 11.9 Å². The van der Waals surface area contributed by atoms with E-state index in [4.69, 9.17) is 5.11 Å². The van der Waals surface area contributed by atoms with Gasteiger partial charge in [0, 0.05) is 11.5 Å². The van der Waals surface area contributed by atoms with E-state index in [9.17, 15) is 9.18 Å². The number of carbonyl (C=O) groups is 1. The number of nitrogens with one attached hydrogen (secondary N) is 1. The van der Waals surface area contributed by atoms with Gasteiger partial charge in [-0.1, -0.05) is 18.8 Å². The van der Waals surface area contributed by atoms with Gasteiger partial charge in [-0.3, -0.25) is 4.79 Å². The molecule has 4 heteroatoms. The van der Waals surface area contributed by atoms with Crippen molar-refractivity contribution in [3.05, 3.63) is 29.6 Å². The number of aliphatic hydroxyl groups excluding tert-OH is 1. The molecule has 1 fully saturated rings. The highest BCUT2D eigenvalue weighted by molar-refractivity contribution is 5.92. The number of rotatable bonds is 2. The number of anilines is 1. The van der Waals surface area contributed by atoms with E-state index in [0.717, 1.165) is 25.7 Å². The third-order valence-electron chi connectivity index (χ3n) is 3.93. The average Bonchev–Trinajstić information content (AvgIpc) is 2.48. The van der Waals surface area contributed by atoms with Gasteiger partial charge in [-0.2, -0.15) is 0 Å². The molecule has 0 spiro atoms. The van der Waals surface area contributed by atoms with Crippen LogP contribution in [0.2, 0.25) is 0 Å². The minimum absolute atomic E-state index is 0.0190. The Balaban J connectivity index is 2.01. The number of hydrogen-bond donors (Lipinski definition) is 2. The second kappa shape index (κ2) is 7.24. The van der Waals surface area contributed by atoms with Gasteiger partial charge in [0.15, 0.2) is 0 Å². The van der Waals surface area contributed by atoms with Crippen LogP contribution in [0, 0.1) is 29.5 Å². The molecule has 21 heavy (non-hydrogen) atoms. The van der Waals surface area contributed by atoms with Crippen LogP contribution in [-0.4, -0.2) is 17.6 Å². The maximum absolute atomic E-state index is 13.9. The van der Waals surface area contributed by atoms with Crippen molar-refractivity contribution in [2.45, 2.75) is 32.6 Å². The predicted molar refractivity (Wildman–Crippen MR) is 80.1 cm³/mol. The Morgan fingerprint density at radius 3 is 2.71 bits per heavy atom. The summed E-state index contributed by atoms with van der Waals surface area (Å²) in [6.45, 7) is 1.93. The largest absolute Gasteiger partial charge is 0.384 e. The first-order chi connectivity index (χ1) is 10.1. The monoisotopic (exact) mass is 289 g/mol. The maximum Gasteiger partial charge on any atom is 0.227 e. The number of benzene rings is 1. The van der Waals surface area contributed by atoms with E-state index < -0.39 is 5.82 Å². The van der Waals surface area contributed by atoms with Gasteiger partial charge in [-0.15, -0.1) is 0 Å². The third kappa shape index (κ3) is 4.30. The van der Waals surface area contributed by atoms with Crippen LogP contribution < -0.4 is 5.32 Å². The van der Waals surface area contributed by atoms with E-state index >= 15 is 0 Å². The fraction of sp³-hybridized carbons (Fsp3) is 0.471. The molecule has 0 radical (unpaired) electrons. The molecular formula is C17H20FNO2. The van der Waals surface area contributed by atoms with Crippen LogP contribution >= 0.6 is 0 Å². The Morgan fingerprint density at radius 1 is 1.38 bits per heavy atom.